The summed E-state index contributed by atoms with van der Waals surface area (Å²) >= 11 is 0. The summed E-state index contributed by atoms with van der Waals surface area (Å²) < 4.78 is 26.4. The first-order valence-corrected chi connectivity index (χ1v) is 5.80. The highest BCUT2D eigenvalue weighted by Crippen LogP contribution is 2.12. The van der Waals surface area contributed by atoms with Crippen LogP contribution in [0.3, 0.4) is 0 Å². The number of carbonyl (C=O) groups excluding carboxylic acids is 2. The molecule has 0 heterocycles. The Morgan fingerprint density at radius 1 is 1.45 bits per heavy atom. The number of benzene rings is 1. The molecule has 106 valence electrons. The van der Waals surface area contributed by atoms with Crippen LogP contribution in [-0.4, -0.2) is 17.9 Å². The molecule has 0 aliphatic heterocycles. The molecule has 0 bridgehead atoms. The number of halogens is 2. The highest BCUT2D eigenvalue weighted by atomic mass is 19.2. The standard InChI is InChI=1S/C13H13F2N3O2/c1-7(6-16)5-10(12(17)19)18-13(20)8-3-2-4-9(14)11(8)15/h2-4,7,10H,5H2,1H3,(H2,17,19)(H,18,20)/t7-,10+/m1/s1. The Morgan fingerprint density at radius 2 is 2.10 bits per heavy atom. The predicted octanol–water partition coefficient (Wildman–Crippen LogP) is 1.10. The normalized spacial score (nSPS) is 13.1. The maximum absolute atomic E-state index is 13.4. The zero-order valence-corrected chi connectivity index (χ0v) is 10.7. The molecular weight excluding hydrogens is 268 g/mol. The summed E-state index contributed by atoms with van der Waals surface area (Å²) in [5.41, 5.74) is 4.58. The number of carbonyl (C=O) groups is 2. The maximum atomic E-state index is 13.4. The van der Waals surface area contributed by atoms with Gasteiger partial charge in [0.2, 0.25) is 5.91 Å². The maximum Gasteiger partial charge on any atom is 0.255 e. The molecule has 5 nitrogen and oxygen atoms in total. The van der Waals surface area contributed by atoms with Gasteiger partial charge in [-0.2, -0.15) is 5.26 Å². The number of amides is 2. The number of rotatable bonds is 5. The van der Waals surface area contributed by atoms with E-state index in [0.717, 1.165) is 12.1 Å². The molecular formula is C13H13F2N3O2. The molecule has 3 N–H and O–H groups in total. The molecule has 0 saturated heterocycles. The van der Waals surface area contributed by atoms with Gasteiger partial charge >= 0.3 is 0 Å². The van der Waals surface area contributed by atoms with Crippen molar-refractivity contribution >= 4 is 11.8 Å². The van der Waals surface area contributed by atoms with Crippen molar-refractivity contribution in [2.45, 2.75) is 19.4 Å². The first-order valence-electron chi connectivity index (χ1n) is 5.80. The van der Waals surface area contributed by atoms with E-state index >= 15 is 0 Å². The molecule has 1 rings (SSSR count). The summed E-state index contributed by atoms with van der Waals surface area (Å²) in [7, 11) is 0. The van der Waals surface area contributed by atoms with E-state index in [4.69, 9.17) is 11.0 Å². The van der Waals surface area contributed by atoms with Crippen molar-refractivity contribution in [1.82, 2.24) is 5.32 Å². The molecule has 1 aromatic rings. The third-order valence-corrected chi connectivity index (χ3v) is 2.65. The van der Waals surface area contributed by atoms with Crippen LogP contribution in [0.15, 0.2) is 18.2 Å². The molecule has 7 heteroatoms. The largest absolute Gasteiger partial charge is 0.368 e. The van der Waals surface area contributed by atoms with Gasteiger partial charge in [-0.15, -0.1) is 0 Å². The lowest BCUT2D eigenvalue weighted by molar-refractivity contribution is -0.120. The van der Waals surface area contributed by atoms with Crippen LogP contribution in [0.1, 0.15) is 23.7 Å². The molecule has 0 saturated carbocycles. The van der Waals surface area contributed by atoms with Crippen LogP contribution in [0, 0.1) is 28.9 Å². The second kappa shape index (κ2) is 6.61. The highest BCUT2D eigenvalue weighted by molar-refractivity contribution is 5.97. The lowest BCUT2D eigenvalue weighted by Gasteiger charge is -2.16. The van der Waals surface area contributed by atoms with Gasteiger partial charge in [-0.3, -0.25) is 9.59 Å². The summed E-state index contributed by atoms with van der Waals surface area (Å²) in [5, 5.41) is 10.9. The van der Waals surface area contributed by atoms with Gasteiger partial charge in [0, 0.05) is 5.92 Å². The molecule has 0 unspecified atom stereocenters. The van der Waals surface area contributed by atoms with Gasteiger partial charge in [-0.05, 0) is 25.5 Å². The quantitative estimate of drug-likeness (QED) is 0.845. The number of nitrogens with zero attached hydrogens (tertiary/aromatic N) is 1. The Balaban J connectivity index is 2.89. The van der Waals surface area contributed by atoms with Crippen molar-refractivity contribution in [2.75, 3.05) is 0 Å². The van der Waals surface area contributed by atoms with E-state index in [9.17, 15) is 18.4 Å². The Bertz CT molecular complexity index is 569. The van der Waals surface area contributed by atoms with E-state index in [1.165, 1.54) is 6.07 Å². The summed E-state index contributed by atoms with van der Waals surface area (Å²) in [5.74, 6) is -4.81. The molecule has 0 aromatic heterocycles. The van der Waals surface area contributed by atoms with Gasteiger partial charge in [0.25, 0.3) is 5.91 Å². The molecule has 0 spiro atoms. The van der Waals surface area contributed by atoms with Gasteiger partial charge in [0.05, 0.1) is 11.6 Å². The molecule has 2 atom stereocenters. The van der Waals surface area contributed by atoms with Gasteiger partial charge < -0.3 is 11.1 Å². The van der Waals surface area contributed by atoms with Crippen LogP contribution in [0.5, 0.6) is 0 Å². The topological polar surface area (TPSA) is 96.0 Å². The number of primary amides is 1. The molecule has 0 radical (unpaired) electrons. The molecule has 2 amide bonds. The van der Waals surface area contributed by atoms with Gasteiger partial charge in [0.1, 0.15) is 6.04 Å². The van der Waals surface area contributed by atoms with E-state index < -0.39 is 41.0 Å². The average Bonchev–Trinajstić information content (AvgIpc) is 2.40. The number of hydrogen-bond donors (Lipinski definition) is 2. The van der Waals surface area contributed by atoms with E-state index in [1.54, 1.807) is 6.92 Å². The van der Waals surface area contributed by atoms with Crippen LogP contribution >= 0.6 is 0 Å². The van der Waals surface area contributed by atoms with Crippen molar-refractivity contribution in [1.29, 1.82) is 5.26 Å². The van der Waals surface area contributed by atoms with Crippen LogP contribution in [0.4, 0.5) is 8.78 Å². The van der Waals surface area contributed by atoms with Gasteiger partial charge in [-0.25, -0.2) is 8.78 Å². The van der Waals surface area contributed by atoms with Crippen LogP contribution in [-0.2, 0) is 4.79 Å². The van der Waals surface area contributed by atoms with Crippen molar-refractivity contribution in [3.05, 3.63) is 35.4 Å². The van der Waals surface area contributed by atoms with Crippen molar-refractivity contribution in [2.24, 2.45) is 11.7 Å². The minimum absolute atomic E-state index is 0.00545. The number of nitrogens with one attached hydrogen (secondary N) is 1. The molecule has 20 heavy (non-hydrogen) atoms. The number of nitriles is 1. The van der Waals surface area contributed by atoms with Crippen molar-refractivity contribution in [3.8, 4) is 6.07 Å². The van der Waals surface area contributed by atoms with Crippen molar-refractivity contribution in [3.63, 3.8) is 0 Å². The third kappa shape index (κ3) is 3.75. The van der Waals surface area contributed by atoms with E-state index in [-0.39, 0.29) is 6.42 Å². The lowest BCUT2D eigenvalue weighted by atomic mass is 10.0. The minimum atomic E-state index is -1.30. The Labute approximate surface area is 114 Å². The third-order valence-electron chi connectivity index (χ3n) is 2.65. The zero-order valence-electron chi connectivity index (χ0n) is 10.7. The fourth-order valence-corrected chi connectivity index (χ4v) is 1.57. The van der Waals surface area contributed by atoms with E-state index in [2.05, 4.69) is 5.32 Å². The predicted molar refractivity (Wildman–Crippen MR) is 66.2 cm³/mol. The van der Waals surface area contributed by atoms with Crippen LogP contribution in [0.25, 0.3) is 0 Å². The SMILES string of the molecule is C[C@@H](C#N)C[C@H](NC(=O)c1cccc(F)c1F)C(N)=O. The second-order valence-electron chi connectivity index (χ2n) is 4.30. The number of hydrogen-bond acceptors (Lipinski definition) is 3. The summed E-state index contributed by atoms with van der Waals surface area (Å²) in [4.78, 5) is 23.0. The summed E-state index contributed by atoms with van der Waals surface area (Å²) in [6, 6.07) is 3.89. The summed E-state index contributed by atoms with van der Waals surface area (Å²) in [6.45, 7) is 1.55. The van der Waals surface area contributed by atoms with E-state index in [0.29, 0.717) is 0 Å². The molecule has 0 fully saturated rings. The van der Waals surface area contributed by atoms with Gasteiger partial charge in [0.15, 0.2) is 11.6 Å². The Hall–Kier alpha value is -2.49. The van der Waals surface area contributed by atoms with Crippen LogP contribution in [0.2, 0.25) is 0 Å². The Kier molecular flexibility index (Phi) is 5.15. The van der Waals surface area contributed by atoms with Crippen molar-refractivity contribution < 1.29 is 18.4 Å². The number of nitrogens with two attached hydrogens (primary N) is 1. The highest BCUT2D eigenvalue weighted by Gasteiger charge is 2.23. The summed E-state index contributed by atoms with van der Waals surface area (Å²) in [6.07, 6.45) is -0.00545. The van der Waals surface area contributed by atoms with Crippen LogP contribution < -0.4 is 11.1 Å². The fourth-order valence-electron chi connectivity index (χ4n) is 1.57. The lowest BCUT2D eigenvalue weighted by Crippen LogP contribution is -2.45. The minimum Gasteiger partial charge on any atom is -0.368 e. The second-order valence-corrected chi connectivity index (χ2v) is 4.30. The zero-order chi connectivity index (χ0) is 15.3. The first kappa shape index (κ1) is 15.6. The smallest absolute Gasteiger partial charge is 0.255 e. The van der Waals surface area contributed by atoms with E-state index in [1.807, 2.05) is 6.07 Å². The molecule has 0 aliphatic carbocycles. The first-order chi connectivity index (χ1) is 9.36. The monoisotopic (exact) mass is 281 g/mol. The Morgan fingerprint density at radius 3 is 2.65 bits per heavy atom. The molecule has 1 aromatic carbocycles. The molecule has 0 aliphatic rings. The fraction of sp³-hybridized carbons (Fsp3) is 0.308. The average molecular weight is 281 g/mol. The van der Waals surface area contributed by atoms with Gasteiger partial charge in [-0.1, -0.05) is 6.07 Å².